The van der Waals surface area contributed by atoms with Gasteiger partial charge in [-0.3, -0.25) is 0 Å². The average molecular weight is 278 g/mol. The summed E-state index contributed by atoms with van der Waals surface area (Å²) in [7, 11) is 1.80. The van der Waals surface area contributed by atoms with Crippen molar-refractivity contribution in [2.24, 2.45) is 11.3 Å². The van der Waals surface area contributed by atoms with E-state index in [0.29, 0.717) is 17.9 Å². The lowest BCUT2D eigenvalue weighted by Gasteiger charge is -2.18. The molecule has 0 aliphatic heterocycles. The second kappa shape index (κ2) is 5.85. The van der Waals surface area contributed by atoms with Crippen LogP contribution >= 0.6 is 0 Å². The number of hydrogen-bond donors (Lipinski definition) is 2. The monoisotopic (exact) mass is 278 g/mol. The molecule has 1 atom stereocenters. The minimum Gasteiger partial charge on any atom is -0.345 e. The number of nitrogens with one attached hydrogen (secondary N) is 2. The second-order valence-corrected chi connectivity index (χ2v) is 6.03. The van der Waals surface area contributed by atoms with Gasteiger partial charge in [-0.15, -0.1) is 0 Å². The van der Waals surface area contributed by atoms with Gasteiger partial charge in [-0.25, -0.2) is 9.78 Å². The number of carbonyl (C=O) groups excluding carboxylic acids is 1. The van der Waals surface area contributed by atoms with Crippen LogP contribution in [0.2, 0.25) is 0 Å². The van der Waals surface area contributed by atoms with Gasteiger partial charge < -0.3 is 15.2 Å². The Morgan fingerprint density at radius 2 is 2.25 bits per heavy atom. The summed E-state index contributed by atoms with van der Waals surface area (Å²) in [6, 6.07) is -0.0212. The van der Waals surface area contributed by atoms with Gasteiger partial charge in [-0.05, 0) is 24.7 Å². The molecule has 0 bridgehead atoms. The number of aromatic nitrogens is 2. The molecule has 0 saturated heterocycles. The Bertz CT molecular complexity index is 464. The number of urea groups is 1. The molecule has 0 radical (unpaired) electrons. The highest BCUT2D eigenvalue weighted by Crippen LogP contribution is 2.57. The van der Waals surface area contributed by atoms with E-state index in [4.69, 9.17) is 0 Å². The Hall–Kier alpha value is -1.52. The fourth-order valence-electron chi connectivity index (χ4n) is 3.03. The molecule has 1 fully saturated rings. The summed E-state index contributed by atoms with van der Waals surface area (Å²) in [5, 5.41) is 3.04. The van der Waals surface area contributed by atoms with Crippen molar-refractivity contribution in [3.8, 4) is 0 Å². The predicted molar refractivity (Wildman–Crippen MR) is 79.3 cm³/mol. The summed E-state index contributed by atoms with van der Waals surface area (Å²) in [5.41, 5.74) is 1.51. The van der Waals surface area contributed by atoms with Crippen LogP contribution in [0.4, 0.5) is 4.79 Å². The van der Waals surface area contributed by atoms with E-state index in [0.717, 1.165) is 18.1 Å². The highest BCUT2D eigenvalue weighted by Gasteiger charge is 2.50. The predicted octanol–water partition coefficient (Wildman–Crippen LogP) is 2.69. The Labute approximate surface area is 121 Å². The second-order valence-electron chi connectivity index (χ2n) is 6.03. The maximum atomic E-state index is 12.0. The van der Waals surface area contributed by atoms with Crippen molar-refractivity contribution in [2.45, 2.75) is 46.6 Å². The Morgan fingerprint density at radius 3 is 2.75 bits per heavy atom. The number of imidazole rings is 1. The van der Waals surface area contributed by atoms with E-state index < -0.39 is 0 Å². The molecular weight excluding hydrogens is 252 g/mol. The van der Waals surface area contributed by atoms with E-state index in [2.05, 4.69) is 29.1 Å². The molecule has 2 rings (SSSR count). The topological polar surface area (TPSA) is 61.0 Å². The van der Waals surface area contributed by atoms with Crippen molar-refractivity contribution in [3.05, 3.63) is 17.7 Å². The van der Waals surface area contributed by atoms with Gasteiger partial charge in [0.05, 0.1) is 6.54 Å². The summed E-state index contributed by atoms with van der Waals surface area (Å²) < 4.78 is 0. The summed E-state index contributed by atoms with van der Waals surface area (Å²) in [4.78, 5) is 21.1. The average Bonchev–Trinajstić information content (AvgIpc) is 3.02. The minimum absolute atomic E-state index is 0.0212. The van der Waals surface area contributed by atoms with Gasteiger partial charge in [0, 0.05) is 25.5 Å². The summed E-state index contributed by atoms with van der Waals surface area (Å²) >= 11 is 0. The van der Waals surface area contributed by atoms with E-state index in [1.54, 1.807) is 18.1 Å². The van der Waals surface area contributed by atoms with Gasteiger partial charge in [-0.2, -0.15) is 0 Å². The third kappa shape index (κ3) is 3.14. The van der Waals surface area contributed by atoms with Gasteiger partial charge in [0.25, 0.3) is 0 Å². The molecule has 0 aromatic carbocycles. The van der Waals surface area contributed by atoms with E-state index in [9.17, 15) is 4.79 Å². The summed E-state index contributed by atoms with van der Waals surface area (Å²) in [5.74, 6) is 1.48. The van der Waals surface area contributed by atoms with E-state index in [1.165, 1.54) is 19.3 Å². The van der Waals surface area contributed by atoms with Crippen molar-refractivity contribution in [3.63, 3.8) is 0 Å². The first-order chi connectivity index (χ1) is 9.50. The highest BCUT2D eigenvalue weighted by molar-refractivity contribution is 5.73. The van der Waals surface area contributed by atoms with E-state index in [-0.39, 0.29) is 6.03 Å². The largest absolute Gasteiger partial charge is 0.345 e. The van der Waals surface area contributed by atoms with Crippen LogP contribution in [0.1, 0.15) is 44.6 Å². The lowest BCUT2D eigenvalue weighted by molar-refractivity contribution is 0.204. The van der Waals surface area contributed by atoms with Crippen molar-refractivity contribution >= 4 is 6.03 Å². The summed E-state index contributed by atoms with van der Waals surface area (Å²) in [6.07, 6.45) is 5.46. The molecule has 1 aromatic heterocycles. The maximum Gasteiger partial charge on any atom is 0.317 e. The SMILES string of the molecule is CCC1(CC)C[C@@H]1CNC(=O)N(C)Cc1ncc(C)[nH]1. The van der Waals surface area contributed by atoms with Crippen LogP contribution in [0, 0.1) is 18.3 Å². The fraction of sp³-hybridized carbons (Fsp3) is 0.733. The fourth-order valence-corrected chi connectivity index (χ4v) is 3.03. The smallest absolute Gasteiger partial charge is 0.317 e. The zero-order chi connectivity index (χ0) is 14.8. The number of aromatic amines is 1. The first kappa shape index (κ1) is 14.9. The molecule has 1 heterocycles. The van der Waals surface area contributed by atoms with Crippen LogP contribution in [-0.4, -0.2) is 34.5 Å². The molecule has 0 unspecified atom stereocenters. The Kier molecular flexibility index (Phi) is 4.35. The lowest BCUT2D eigenvalue weighted by atomic mass is 9.97. The number of H-pyrrole nitrogens is 1. The number of aryl methyl sites for hydroxylation is 1. The molecule has 1 aliphatic rings. The molecule has 2 amide bonds. The number of hydrogen-bond acceptors (Lipinski definition) is 2. The van der Waals surface area contributed by atoms with Crippen LogP contribution < -0.4 is 5.32 Å². The first-order valence-electron chi connectivity index (χ1n) is 7.50. The molecule has 0 spiro atoms. The first-order valence-corrected chi connectivity index (χ1v) is 7.50. The number of amides is 2. The molecule has 5 nitrogen and oxygen atoms in total. The van der Waals surface area contributed by atoms with Crippen molar-refractivity contribution in [1.82, 2.24) is 20.2 Å². The molecule has 1 aromatic rings. The lowest BCUT2D eigenvalue weighted by Crippen LogP contribution is -2.38. The third-order valence-electron chi connectivity index (χ3n) is 4.76. The van der Waals surface area contributed by atoms with Crippen LogP contribution in [0.5, 0.6) is 0 Å². The number of carbonyl (C=O) groups is 1. The normalized spacial score (nSPS) is 19.7. The standard InChI is InChI=1S/C15H26N4O/c1-5-15(6-2)7-12(15)9-17-14(20)19(4)10-13-16-8-11(3)18-13/h8,12H,5-7,9-10H2,1-4H3,(H,16,18)(H,17,20)/t12-/m1/s1. The van der Waals surface area contributed by atoms with Gasteiger partial charge in [0.15, 0.2) is 0 Å². The molecular formula is C15H26N4O. The number of rotatable bonds is 6. The minimum atomic E-state index is -0.0212. The molecule has 1 aliphatic carbocycles. The van der Waals surface area contributed by atoms with Crippen LogP contribution in [0.25, 0.3) is 0 Å². The van der Waals surface area contributed by atoms with Crippen molar-refractivity contribution in [1.29, 1.82) is 0 Å². The highest BCUT2D eigenvalue weighted by atomic mass is 16.2. The van der Waals surface area contributed by atoms with Crippen molar-refractivity contribution < 1.29 is 4.79 Å². The van der Waals surface area contributed by atoms with E-state index in [1.807, 2.05) is 6.92 Å². The molecule has 20 heavy (non-hydrogen) atoms. The third-order valence-corrected chi connectivity index (χ3v) is 4.76. The van der Waals surface area contributed by atoms with Crippen LogP contribution in [-0.2, 0) is 6.54 Å². The van der Waals surface area contributed by atoms with Gasteiger partial charge in [-0.1, -0.05) is 26.7 Å². The maximum absolute atomic E-state index is 12.0. The molecule has 2 N–H and O–H groups in total. The quantitative estimate of drug-likeness (QED) is 0.840. The summed E-state index contributed by atoms with van der Waals surface area (Å²) in [6.45, 7) is 7.76. The molecule has 112 valence electrons. The van der Waals surface area contributed by atoms with Crippen molar-refractivity contribution in [2.75, 3.05) is 13.6 Å². The van der Waals surface area contributed by atoms with Gasteiger partial charge in [0.2, 0.25) is 0 Å². The van der Waals surface area contributed by atoms with Crippen LogP contribution in [0.3, 0.4) is 0 Å². The zero-order valence-electron chi connectivity index (χ0n) is 13.0. The Balaban J connectivity index is 1.75. The Morgan fingerprint density at radius 1 is 1.55 bits per heavy atom. The number of nitrogens with zero attached hydrogens (tertiary/aromatic N) is 2. The van der Waals surface area contributed by atoms with Gasteiger partial charge >= 0.3 is 6.03 Å². The van der Waals surface area contributed by atoms with Crippen LogP contribution in [0.15, 0.2) is 6.20 Å². The molecule has 1 saturated carbocycles. The van der Waals surface area contributed by atoms with Gasteiger partial charge in [0.1, 0.15) is 5.82 Å². The zero-order valence-corrected chi connectivity index (χ0v) is 13.0. The molecule has 5 heteroatoms. The van der Waals surface area contributed by atoms with E-state index >= 15 is 0 Å².